The average molecular weight is 408 g/mol. The molecule has 2 aromatic rings. The van der Waals surface area contributed by atoms with Crippen LogP contribution in [-0.2, 0) is 23.2 Å². The minimum absolute atomic E-state index is 0.171. The molecule has 0 unspecified atom stereocenters. The Morgan fingerprint density at radius 2 is 1.88 bits per heavy atom. The fourth-order valence-electron chi connectivity index (χ4n) is 3.18. The summed E-state index contributed by atoms with van der Waals surface area (Å²) in [7, 11) is -2.14. The summed E-state index contributed by atoms with van der Waals surface area (Å²) in [5.74, 6) is 0.171. The topological polar surface area (TPSA) is 55.2 Å². The Morgan fingerprint density at radius 1 is 1.23 bits per heavy atom. The number of aryl methyl sites for hydroxylation is 1. The maximum absolute atomic E-state index is 13.0. The fraction of sp³-hybridized carbons (Fsp3) is 0.438. The Labute approximate surface area is 154 Å². The van der Waals surface area contributed by atoms with E-state index in [-0.39, 0.29) is 19.0 Å². The van der Waals surface area contributed by atoms with Crippen molar-refractivity contribution in [3.8, 4) is 0 Å². The number of hydrogen-bond acceptors (Lipinski definition) is 3. The third kappa shape index (κ3) is 3.60. The maximum Gasteiger partial charge on any atom is 0.417 e. The van der Waals surface area contributed by atoms with Crippen molar-refractivity contribution >= 4 is 21.6 Å². The van der Waals surface area contributed by atoms with Crippen LogP contribution in [-0.4, -0.2) is 35.4 Å². The van der Waals surface area contributed by atoms with Gasteiger partial charge in [0, 0.05) is 37.9 Å². The van der Waals surface area contributed by atoms with Gasteiger partial charge < -0.3 is 4.57 Å². The molecule has 26 heavy (non-hydrogen) atoms. The van der Waals surface area contributed by atoms with Crippen LogP contribution >= 0.6 is 11.6 Å². The summed E-state index contributed by atoms with van der Waals surface area (Å²) in [4.78, 5) is 3.67. The van der Waals surface area contributed by atoms with Crippen LogP contribution in [0.1, 0.15) is 30.0 Å². The van der Waals surface area contributed by atoms with Crippen molar-refractivity contribution in [1.82, 2.24) is 13.9 Å². The van der Waals surface area contributed by atoms with E-state index >= 15 is 0 Å². The van der Waals surface area contributed by atoms with Crippen LogP contribution in [0.25, 0.3) is 0 Å². The second-order valence-electron chi connectivity index (χ2n) is 6.25. The lowest BCUT2D eigenvalue weighted by Gasteiger charge is -2.31. The largest absolute Gasteiger partial charge is 0.417 e. The molecule has 0 N–H and O–H groups in total. The van der Waals surface area contributed by atoms with Gasteiger partial charge in [0.15, 0.2) is 0 Å². The highest BCUT2D eigenvalue weighted by molar-refractivity contribution is 7.89. The van der Waals surface area contributed by atoms with Gasteiger partial charge in [-0.15, -0.1) is 0 Å². The predicted octanol–water partition coefficient (Wildman–Crippen LogP) is 3.66. The van der Waals surface area contributed by atoms with Gasteiger partial charge in [-0.25, -0.2) is 13.4 Å². The molecule has 5 nitrogen and oxygen atoms in total. The molecule has 10 heteroatoms. The number of benzene rings is 1. The molecule has 0 radical (unpaired) electrons. The van der Waals surface area contributed by atoms with Crippen LogP contribution in [0, 0.1) is 0 Å². The standard InChI is InChI=1S/C16H17ClF3N3O2S/c1-22-10-21-9-15(22)11-4-6-23(7-5-11)26(24,25)12-2-3-14(17)13(8-12)16(18,19)20/h2-3,8-11H,4-7H2,1H3. The van der Waals surface area contributed by atoms with E-state index in [1.807, 2.05) is 11.6 Å². The number of nitrogens with zero attached hydrogens (tertiary/aromatic N) is 3. The van der Waals surface area contributed by atoms with Crippen LogP contribution in [0.2, 0.25) is 5.02 Å². The summed E-state index contributed by atoms with van der Waals surface area (Å²) in [6.07, 6.45) is -0.111. The van der Waals surface area contributed by atoms with E-state index in [1.165, 1.54) is 4.31 Å². The van der Waals surface area contributed by atoms with Crippen molar-refractivity contribution < 1.29 is 21.6 Å². The van der Waals surface area contributed by atoms with Crippen molar-refractivity contribution in [2.24, 2.45) is 7.05 Å². The van der Waals surface area contributed by atoms with E-state index in [4.69, 9.17) is 11.6 Å². The fourth-order valence-corrected chi connectivity index (χ4v) is 4.91. The number of imidazole rings is 1. The molecule has 1 aromatic carbocycles. The first-order chi connectivity index (χ1) is 12.1. The number of sulfonamides is 1. The van der Waals surface area contributed by atoms with Crippen LogP contribution < -0.4 is 0 Å². The van der Waals surface area contributed by atoms with E-state index in [9.17, 15) is 21.6 Å². The number of hydrogen-bond donors (Lipinski definition) is 0. The molecule has 142 valence electrons. The van der Waals surface area contributed by atoms with E-state index in [0.717, 1.165) is 17.8 Å². The number of aromatic nitrogens is 2. The molecular weight excluding hydrogens is 391 g/mol. The molecular formula is C16H17ClF3N3O2S. The Balaban J connectivity index is 1.81. The summed E-state index contributed by atoms with van der Waals surface area (Å²) in [5.41, 5.74) is -0.127. The van der Waals surface area contributed by atoms with Gasteiger partial charge in [0.2, 0.25) is 10.0 Å². The molecule has 1 fully saturated rings. The van der Waals surface area contributed by atoms with Crippen LogP contribution in [0.3, 0.4) is 0 Å². The molecule has 0 spiro atoms. The molecule has 0 saturated carbocycles. The van der Waals surface area contributed by atoms with Gasteiger partial charge in [-0.3, -0.25) is 0 Å². The summed E-state index contributed by atoms with van der Waals surface area (Å²) in [6, 6.07) is 2.69. The van der Waals surface area contributed by atoms with Crippen molar-refractivity contribution in [3.05, 3.63) is 47.0 Å². The molecule has 0 amide bonds. The monoisotopic (exact) mass is 407 g/mol. The van der Waals surface area contributed by atoms with E-state index in [2.05, 4.69) is 4.98 Å². The molecule has 2 heterocycles. The van der Waals surface area contributed by atoms with Gasteiger partial charge in [-0.1, -0.05) is 11.6 Å². The zero-order chi connectivity index (χ0) is 19.1. The zero-order valence-corrected chi connectivity index (χ0v) is 15.4. The summed E-state index contributed by atoms with van der Waals surface area (Å²) in [5, 5.41) is -0.522. The first-order valence-electron chi connectivity index (χ1n) is 7.94. The lowest BCUT2D eigenvalue weighted by atomic mass is 9.95. The molecule has 0 aliphatic carbocycles. The Kier molecular flexibility index (Phi) is 5.06. The van der Waals surface area contributed by atoms with Gasteiger partial charge in [0.05, 0.1) is 21.8 Å². The van der Waals surface area contributed by atoms with Crippen LogP contribution in [0.4, 0.5) is 13.2 Å². The highest BCUT2D eigenvalue weighted by Crippen LogP contribution is 2.37. The summed E-state index contributed by atoms with van der Waals surface area (Å²) in [6.45, 7) is 0.477. The molecule has 0 atom stereocenters. The lowest BCUT2D eigenvalue weighted by molar-refractivity contribution is -0.137. The number of piperidine rings is 1. The summed E-state index contributed by atoms with van der Waals surface area (Å²) < 4.78 is 67.6. The molecule has 1 aliphatic rings. The van der Waals surface area contributed by atoms with Crippen LogP contribution in [0.5, 0.6) is 0 Å². The number of alkyl halides is 3. The highest BCUT2D eigenvalue weighted by atomic mass is 35.5. The minimum atomic E-state index is -4.71. The second kappa shape index (κ2) is 6.86. The van der Waals surface area contributed by atoms with Gasteiger partial charge >= 0.3 is 6.18 Å². The van der Waals surface area contributed by atoms with Crippen LogP contribution in [0.15, 0.2) is 35.6 Å². The molecule has 0 bridgehead atoms. The third-order valence-electron chi connectivity index (χ3n) is 4.61. The van der Waals surface area contributed by atoms with Crippen molar-refractivity contribution in [2.75, 3.05) is 13.1 Å². The van der Waals surface area contributed by atoms with Gasteiger partial charge in [0.1, 0.15) is 0 Å². The molecule has 3 rings (SSSR count). The van der Waals surface area contributed by atoms with E-state index in [0.29, 0.717) is 18.9 Å². The van der Waals surface area contributed by atoms with E-state index in [1.54, 1.807) is 12.5 Å². The first kappa shape index (κ1) is 19.2. The smallest absolute Gasteiger partial charge is 0.337 e. The number of rotatable bonds is 3. The molecule has 1 aromatic heterocycles. The minimum Gasteiger partial charge on any atom is -0.337 e. The Bertz CT molecular complexity index is 904. The zero-order valence-electron chi connectivity index (χ0n) is 13.9. The normalized spacial score (nSPS) is 17.6. The summed E-state index contributed by atoms with van der Waals surface area (Å²) >= 11 is 5.57. The van der Waals surface area contributed by atoms with Gasteiger partial charge in [0.25, 0.3) is 0 Å². The Morgan fingerprint density at radius 3 is 2.42 bits per heavy atom. The SMILES string of the molecule is Cn1cncc1C1CCN(S(=O)(=O)c2ccc(Cl)c(C(F)(F)F)c2)CC1. The first-order valence-corrected chi connectivity index (χ1v) is 9.75. The lowest BCUT2D eigenvalue weighted by Crippen LogP contribution is -2.38. The predicted molar refractivity (Wildman–Crippen MR) is 90.4 cm³/mol. The maximum atomic E-state index is 13.0. The molecule has 1 aliphatic heterocycles. The number of halogens is 4. The quantitative estimate of drug-likeness (QED) is 0.780. The molecule has 1 saturated heterocycles. The van der Waals surface area contributed by atoms with E-state index < -0.39 is 31.7 Å². The van der Waals surface area contributed by atoms with Crippen molar-refractivity contribution in [1.29, 1.82) is 0 Å². The van der Waals surface area contributed by atoms with Gasteiger partial charge in [-0.2, -0.15) is 17.5 Å². The second-order valence-corrected chi connectivity index (χ2v) is 8.59. The Hall–Kier alpha value is -1.58. The van der Waals surface area contributed by atoms with Crippen molar-refractivity contribution in [3.63, 3.8) is 0 Å². The van der Waals surface area contributed by atoms with Crippen molar-refractivity contribution in [2.45, 2.75) is 29.8 Å². The van der Waals surface area contributed by atoms with Gasteiger partial charge in [-0.05, 0) is 31.0 Å². The third-order valence-corrected chi connectivity index (χ3v) is 6.83. The highest BCUT2D eigenvalue weighted by Gasteiger charge is 2.36. The average Bonchev–Trinajstić information content (AvgIpc) is 3.00.